The molecule has 1 N–H and O–H groups in total. The molecule has 2 nitrogen and oxygen atoms in total. The molecule has 13 heavy (non-hydrogen) atoms. The predicted octanol–water partition coefficient (Wildman–Crippen LogP) is 1.47. The van der Waals surface area contributed by atoms with E-state index >= 15 is 0 Å². The van der Waals surface area contributed by atoms with Gasteiger partial charge in [0.2, 0.25) is 0 Å². The first-order chi connectivity index (χ1) is 6.45. The van der Waals surface area contributed by atoms with Crippen LogP contribution in [0.3, 0.4) is 0 Å². The van der Waals surface area contributed by atoms with Crippen molar-refractivity contribution in [2.75, 3.05) is 32.7 Å². The van der Waals surface area contributed by atoms with E-state index in [-0.39, 0.29) is 0 Å². The Balaban J connectivity index is 1.68. The number of nitrogens with one attached hydrogen (secondary N) is 1. The van der Waals surface area contributed by atoms with E-state index in [9.17, 15) is 0 Å². The van der Waals surface area contributed by atoms with Crippen molar-refractivity contribution in [2.24, 2.45) is 5.92 Å². The molecule has 0 aliphatic carbocycles. The highest BCUT2D eigenvalue weighted by atomic mass is 15.1. The van der Waals surface area contributed by atoms with Crippen molar-refractivity contribution in [3.05, 3.63) is 0 Å². The Bertz CT molecular complexity index is 135. The van der Waals surface area contributed by atoms with Crippen molar-refractivity contribution >= 4 is 0 Å². The molecule has 0 atom stereocenters. The van der Waals surface area contributed by atoms with Gasteiger partial charge < -0.3 is 10.2 Å². The van der Waals surface area contributed by atoms with Gasteiger partial charge in [0.25, 0.3) is 0 Å². The lowest BCUT2D eigenvalue weighted by Gasteiger charge is -2.34. The molecule has 0 aromatic heterocycles. The SMILES string of the molecule is C1CCCN(CC2CNC2)CCC1. The van der Waals surface area contributed by atoms with Gasteiger partial charge in [-0.1, -0.05) is 19.3 Å². The Morgan fingerprint density at radius 2 is 1.54 bits per heavy atom. The maximum Gasteiger partial charge on any atom is 0.00340 e. The van der Waals surface area contributed by atoms with Gasteiger partial charge in [-0.05, 0) is 31.8 Å². The highest BCUT2D eigenvalue weighted by molar-refractivity contribution is 4.78. The second-order valence-corrected chi connectivity index (χ2v) is 4.59. The number of hydrogen-bond acceptors (Lipinski definition) is 2. The fraction of sp³-hybridized carbons (Fsp3) is 1.00. The lowest BCUT2D eigenvalue weighted by molar-refractivity contribution is 0.180. The summed E-state index contributed by atoms with van der Waals surface area (Å²) < 4.78 is 0. The molecule has 0 radical (unpaired) electrons. The normalized spacial score (nSPS) is 27.7. The third-order valence-electron chi connectivity index (χ3n) is 3.33. The molecule has 2 fully saturated rings. The first kappa shape index (κ1) is 9.47. The molecule has 0 spiro atoms. The Labute approximate surface area is 81.7 Å². The third kappa shape index (κ3) is 2.96. The summed E-state index contributed by atoms with van der Waals surface area (Å²) in [7, 11) is 0. The van der Waals surface area contributed by atoms with Crippen LogP contribution in [0.5, 0.6) is 0 Å². The zero-order valence-corrected chi connectivity index (χ0v) is 8.60. The van der Waals surface area contributed by atoms with Crippen molar-refractivity contribution in [3.63, 3.8) is 0 Å². The van der Waals surface area contributed by atoms with Gasteiger partial charge in [-0.2, -0.15) is 0 Å². The first-order valence-corrected chi connectivity index (χ1v) is 5.88. The van der Waals surface area contributed by atoms with Crippen LogP contribution in [0.4, 0.5) is 0 Å². The van der Waals surface area contributed by atoms with Gasteiger partial charge in [0.15, 0.2) is 0 Å². The van der Waals surface area contributed by atoms with Gasteiger partial charge in [-0.3, -0.25) is 0 Å². The second-order valence-electron chi connectivity index (χ2n) is 4.59. The number of nitrogens with zero attached hydrogens (tertiary/aromatic N) is 1. The Morgan fingerprint density at radius 3 is 2.08 bits per heavy atom. The topological polar surface area (TPSA) is 15.3 Å². The molecule has 76 valence electrons. The minimum Gasteiger partial charge on any atom is -0.316 e. The van der Waals surface area contributed by atoms with Gasteiger partial charge in [0.05, 0.1) is 0 Å². The van der Waals surface area contributed by atoms with E-state index in [0.29, 0.717) is 0 Å². The van der Waals surface area contributed by atoms with E-state index in [1.165, 1.54) is 64.8 Å². The summed E-state index contributed by atoms with van der Waals surface area (Å²) >= 11 is 0. The zero-order chi connectivity index (χ0) is 8.93. The summed E-state index contributed by atoms with van der Waals surface area (Å²) in [5, 5.41) is 3.35. The molecule has 2 saturated heterocycles. The van der Waals surface area contributed by atoms with Gasteiger partial charge >= 0.3 is 0 Å². The monoisotopic (exact) mass is 182 g/mol. The van der Waals surface area contributed by atoms with E-state index in [1.807, 2.05) is 0 Å². The van der Waals surface area contributed by atoms with Crippen molar-refractivity contribution < 1.29 is 0 Å². The van der Waals surface area contributed by atoms with E-state index < -0.39 is 0 Å². The molecular weight excluding hydrogens is 160 g/mol. The molecule has 0 amide bonds. The maximum atomic E-state index is 3.35. The molecule has 2 aliphatic heterocycles. The average Bonchev–Trinajstić information content (AvgIpc) is 1.99. The van der Waals surface area contributed by atoms with Crippen molar-refractivity contribution in [2.45, 2.75) is 32.1 Å². The molecule has 0 aromatic rings. The Hall–Kier alpha value is -0.0800. The minimum atomic E-state index is 0.958. The van der Waals surface area contributed by atoms with Crippen molar-refractivity contribution in [3.8, 4) is 0 Å². The summed E-state index contributed by atoms with van der Waals surface area (Å²) in [6.07, 6.45) is 7.25. The lowest BCUT2D eigenvalue weighted by Crippen LogP contribution is -2.48. The highest BCUT2D eigenvalue weighted by Crippen LogP contribution is 2.13. The summed E-state index contributed by atoms with van der Waals surface area (Å²) in [6, 6.07) is 0. The molecule has 0 aromatic carbocycles. The van der Waals surface area contributed by atoms with Crippen LogP contribution in [0.25, 0.3) is 0 Å². The summed E-state index contributed by atoms with van der Waals surface area (Å²) in [5.74, 6) is 0.958. The standard InChI is InChI=1S/C11H22N2/c1-2-4-6-13(7-5-3-1)10-11-8-12-9-11/h11-12H,1-10H2. The summed E-state index contributed by atoms with van der Waals surface area (Å²) in [4.78, 5) is 2.69. The molecule has 2 heterocycles. The lowest BCUT2D eigenvalue weighted by atomic mass is 10.0. The first-order valence-electron chi connectivity index (χ1n) is 5.88. The molecule has 0 bridgehead atoms. The largest absolute Gasteiger partial charge is 0.316 e. The van der Waals surface area contributed by atoms with Crippen molar-refractivity contribution in [1.82, 2.24) is 10.2 Å². The van der Waals surface area contributed by atoms with Crippen LogP contribution in [0, 0.1) is 5.92 Å². The average molecular weight is 182 g/mol. The van der Waals surface area contributed by atoms with Crippen LogP contribution in [0.1, 0.15) is 32.1 Å². The fourth-order valence-corrected chi connectivity index (χ4v) is 2.34. The summed E-state index contributed by atoms with van der Waals surface area (Å²) in [5.41, 5.74) is 0. The Morgan fingerprint density at radius 1 is 0.923 bits per heavy atom. The third-order valence-corrected chi connectivity index (χ3v) is 3.33. The van der Waals surface area contributed by atoms with Gasteiger partial charge in [-0.15, -0.1) is 0 Å². The van der Waals surface area contributed by atoms with Crippen LogP contribution in [0.2, 0.25) is 0 Å². The van der Waals surface area contributed by atoms with Crippen LogP contribution in [0.15, 0.2) is 0 Å². The smallest absolute Gasteiger partial charge is 0.00340 e. The molecular formula is C11H22N2. The van der Waals surface area contributed by atoms with Gasteiger partial charge in [0, 0.05) is 19.6 Å². The Kier molecular flexibility index (Phi) is 3.62. The maximum absolute atomic E-state index is 3.35. The number of rotatable bonds is 2. The molecule has 0 saturated carbocycles. The fourth-order valence-electron chi connectivity index (χ4n) is 2.34. The van der Waals surface area contributed by atoms with Crippen LogP contribution < -0.4 is 5.32 Å². The minimum absolute atomic E-state index is 0.958. The highest BCUT2D eigenvalue weighted by Gasteiger charge is 2.20. The van der Waals surface area contributed by atoms with Crippen molar-refractivity contribution in [1.29, 1.82) is 0 Å². The second kappa shape index (κ2) is 4.97. The van der Waals surface area contributed by atoms with E-state index in [1.54, 1.807) is 0 Å². The van der Waals surface area contributed by atoms with Gasteiger partial charge in [-0.25, -0.2) is 0 Å². The molecule has 2 rings (SSSR count). The number of hydrogen-bond donors (Lipinski definition) is 1. The quantitative estimate of drug-likeness (QED) is 0.696. The van der Waals surface area contributed by atoms with E-state index in [4.69, 9.17) is 0 Å². The van der Waals surface area contributed by atoms with Gasteiger partial charge in [0.1, 0.15) is 0 Å². The van der Waals surface area contributed by atoms with Crippen LogP contribution >= 0.6 is 0 Å². The summed E-state index contributed by atoms with van der Waals surface area (Å²) in [6.45, 7) is 6.59. The number of likely N-dealkylation sites (tertiary alicyclic amines) is 1. The zero-order valence-electron chi connectivity index (χ0n) is 8.60. The molecule has 2 heteroatoms. The molecule has 2 aliphatic rings. The van der Waals surface area contributed by atoms with Crippen LogP contribution in [-0.2, 0) is 0 Å². The van der Waals surface area contributed by atoms with Crippen LogP contribution in [-0.4, -0.2) is 37.6 Å². The van der Waals surface area contributed by atoms with E-state index in [0.717, 1.165) is 5.92 Å². The predicted molar refractivity (Wildman–Crippen MR) is 55.9 cm³/mol. The van der Waals surface area contributed by atoms with E-state index in [2.05, 4.69) is 10.2 Å². The molecule has 0 unspecified atom stereocenters.